The van der Waals surface area contributed by atoms with Gasteiger partial charge in [0.25, 0.3) is 11.7 Å². The van der Waals surface area contributed by atoms with E-state index in [1.54, 1.807) is 6.07 Å². The number of piperazine rings is 1. The molecule has 3 aromatic rings. The average molecular weight is 513 g/mol. The number of aromatic nitrogens is 1. The van der Waals surface area contributed by atoms with Crippen molar-refractivity contribution in [3.8, 4) is 5.75 Å². The second-order valence-corrected chi connectivity index (χ2v) is 9.33. The number of anilines is 2. The highest BCUT2D eigenvalue weighted by Gasteiger charge is 2.41. The molecule has 37 heavy (non-hydrogen) atoms. The third-order valence-electron chi connectivity index (χ3n) is 6.88. The highest BCUT2D eigenvalue weighted by atomic mass is 19.4. The van der Waals surface area contributed by atoms with Crippen LogP contribution in [-0.2, 0) is 16.0 Å². The molecular formula is C27H27F3N4O3. The number of nitrogens with zero attached hydrogens (tertiary/aromatic N) is 4. The fourth-order valence-electron chi connectivity index (χ4n) is 4.91. The Kier molecular flexibility index (Phi) is 6.76. The monoisotopic (exact) mass is 512 g/mol. The summed E-state index contributed by atoms with van der Waals surface area (Å²) < 4.78 is 44.0. The number of ketones is 1. The Balaban J connectivity index is 1.23. The zero-order valence-electron chi connectivity index (χ0n) is 20.4. The van der Waals surface area contributed by atoms with Gasteiger partial charge in [0.15, 0.2) is 6.61 Å². The molecule has 1 fully saturated rings. The summed E-state index contributed by atoms with van der Waals surface area (Å²) in [6.45, 7) is 4.71. The number of carbonyl (C=O) groups excluding carboxylic acids is 2. The number of halogens is 3. The lowest BCUT2D eigenvalue weighted by Crippen LogP contribution is -2.47. The van der Waals surface area contributed by atoms with Crippen LogP contribution in [0.4, 0.5) is 24.5 Å². The molecule has 0 aliphatic carbocycles. The number of ether oxygens (including phenoxy) is 1. The first kappa shape index (κ1) is 25.0. The Labute approximate surface area is 212 Å². The number of rotatable bonds is 6. The topological polar surface area (TPSA) is 66.0 Å². The van der Waals surface area contributed by atoms with Gasteiger partial charge in [0.1, 0.15) is 5.75 Å². The number of fused-ring (bicyclic) bond motifs is 2. The van der Waals surface area contributed by atoms with Crippen LogP contribution in [0.15, 0.2) is 48.5 Å². The molecule has 0 saturated carbocycles. The van der Waals surface area contributed by atoms with E-state index in [1.807, 2.05) is 31.2 Å². The fraction of sp³-hybridized carbons (Fsp3) is 0.370. The van der Waals surface area contributed by atoms with E-state index in [0.29, 0.717) is 12.2 Å². The highest BCUT2D eigenvalue weighted by molar-refractivity contribution is 6.03. The number of amides is 1. The van der Waals surface area contributed by atoms with Crippen LogP contribution in [0.5, 0.6) is 5.75 Å². The van der Waals surface area contributed by atoms with Gasteiger partial charge in [-0.3, -0.25) is 24.4 Å². The Morgan fingerprint density at radius 1 is 1.00 bits per heavy atom. The number of benzene rings is 2. The number of alkyl halides is 3. The molecule has 0 N–H and O–H groups in total. The summed E-state index contributed by atoms with van der Waals surface area (Å²) >= 11 is 0. The van der Waals surface area contributed by atoms with Gasteiger partial charge >= 0.3 is 6.18 Å². The third kappa shape index (κ3) is 5.24. The maximum Gasteiger partial charge on any atom is 0.451 e. The summed E-state index contributed by atoms with van der Waals surface area (Å²) in [5, 5.41) is 1.14. The maximum atomic E-state index is 12.8. The normalized spacial score (nSPS) is 16.6. The molecular weight excluding hydrogens is 485 g/mol. The van der Waals surface area contributed by atoms with Gasteiger partial charge in [-0.05, 0) is 49.2 Å². The number of aryl methyl sites for hydroxylation is 1. The molecule has 3 heterocycles. The van der Waals surface area contributed by atoms with Crippen LogP contribution in [-0.4, -0.2) is 73.6 Å². The molecule has 1 amide bonds. The van der Waals surface area contributed by atoms with E-state index in [9.17, 15) is 22.8 Å². The SMILES string of the molecule is Cc1ccc2c(N3CCN(CCc4cccc5c4OCC(=O)N5CC(=O)C(F)(F)F)CC3)cccc2n1. The summed E-state index contributed by atoms with van der Waals surface area (Å²) in [6.07, 6.45) is -4.39. The molecule has 0 spiro atoms. The van der Waals surface area contributed by atoms with Crippen LogP contribution in [0.1, 0.15) is 11.3 Å². The van der Waals surface area contributed by atoms with Crippen LogP contribution in [0.3, 0.4) is 0 Å². The number of hydrogen-bond donors (Lipinski definition) is 0. The second kappa shape index (κ2) is 10.0. The van der Waals surface area contributed by atoms with Gasteiger partial charge < -0.3 is 9.64 Å². The molecule has 0 atom stereocenters. The van der Waals surface area contributed by atoms with Crippen molar-refractivity contribution in [2.75, 3.05) is 55.7 Å². The van der Waals surface area contributed by atoms with Crippen LogP contribution < -0.4 is 14.5 Å². The Bertz CT molecular complexity index is 1340. The smallest absolute Gasteiger partial charge is 0.451 e. The molecule has 10 heteroatoms. The summed E-state index contributed by atoms with van der Waals surface area (Å²) in [4.78, 5) is 34.0. The standard InChI is InChI=1S/C27H27F3N4O3/c1-18-8-9-20-21(31-18)5-3-6-22(20)33-14-12-32(13-15-33)11-10-19-4-2-7-23-26(19)37-17-25(36)34(23)16-24(35)27(28,29)30/h2-9H,10-17H2,1H3. The van der Waals surface area contributed by atoms with E-state index in [0.717, 1.165) is 59.8 Å². The molecule has 5 rings (SSSR count). The number of pyridine rings is 1. The molecule has 0 bridgehead atoms. The van der Waals surface area contributed by atoms with Crippen LogP contribution >= 0.6 is 0 Å². The highest BCUT2D eigenvalue weighted by Crippen LogP contribution is 2.36. The van der Waals surface area contributed by atoms with Crippen molar-refractivity contribution in [1.82, 2.24) is 9.88 Å². The maximum absolute atomic E-state index is 12.8. The van der Waals surface area contributed by atoms with Crippen molar-refractivity contribution in [3.05, 3.63) is 59.8 Å². The third-order valence-corrected chi connectivity index (χ3v) is 6.88. The van der Waals surface area contributed by atoms with Gasteiger partial charge in [0.05, 0.1) is 17.7 Å². The lowest BCUT2D eigenvalue weighted by Gasteiger charge is -2.37. The lowest BCUT2D eigenvalue weighted by atomic mass is 10.1. The van der Waals surface area contributed by atoms with Gasteiger partial charge in [-0.1, -0.05) is 18.2 Å². The largest absolute Gasteiger partial charge is 0.481 e. The summed E-state index contributed by atoms with van der Waals surface area (Å²) in [5.74, 6) is -2.26. The number of Topliss-reactive ketones (excluding diaryl/α,β-unsaturated/α-hetero) is 1. The Morgan fingerprint density at radius 2 is 1.73 bits per heavy atom. The van der Waals surface area contributed by atoms with Crippen molar-refractivity contribution < 1.29 is 27.5 Å². The molecule has 1 aromatic heterocycles. The first-order chi connectivity index (χ1) is 17.7. The predicted molar refractivity (Wildman–Crippen MR) is 134 cm³/mol. The zero-order chi connectivity index (χ0) is 26.2. The van der Waals surface area contributed by atoms with E-state index >= 15 is 0 Å². The minimum absolute atomic E-state index is 0.205. The van der Waals surface area contributed by atoms with Gasteiger partial charge in [-0.25, -0.2) is 0 Å². The molecule has 1 saturated heterocycles. The number of hydrogen-bond acceptors (Lipinski definition) is 6. The van der Waals surface area contributed by atoms with Crippen molar-refractivity contribution >= 4 is 34.0 Å². The molecule has 2 aliphatic heterocycles. The van der Waals surface area contributed by atoms with Crippen molar-refractivity contribution in [2.45, 2.75) is 19.5 Å². The number of para-hydroxylation sites is 1. The van der Waals surface area contributed by atoms with Crippen LogP contribution in [0, 0.1) is 6.92 Å². The van der Waals surface area contributed by atoms with Crippen molar-refractivity contribution in [2.24, 2.45) is 0 Å². The molecule has 7 nitrogen and oxygen atoms in total. The van der Waals surface area contributed by atoms with E-state index in [4.69, 9.17) is 4.74 Å². The minimum atomic E-state index is -5.00. The summed E-state index contributed by atoms with van der Waals surface area (Å²) in [5.41, 5.74) is 4.15. The van der Waals surface area contributed by atoms with Gasteiger partial charge in [-0.2, -0.15) is 13.2 Å². The van der Waals surface area contributed by atoms with Gasteiger partial charge in [0, 0.05) is 49.5 Å². The van der Waals surface area contributed by atoms with E-state index in [2.05, 4.69) is 26.9 Å². The minimum Gasteiger partial charge on any atom is -0.481 e. The second-order valence-electron chi connectivity index (χ2n) is 9.33. The lowest BCUT2D eigenvalue weighted by molar-refractivity contribution is -0.169. The van der Waals surface area contributed by atoms with E-state index in [-0.39, 0.29) is 5.69 Å². The van der Waals surface area contributed by atoms with Crippen molar-refractivity contribution in [1.29, 1.82) is 0 Å². The Morgan fingerprint density at radius 3 is 2.49 bits per heavy atom. The molecule has 2 aliphatic rings. The Hall–Kier alpha value is -3.66. The summed E-state index contributed by atoms with van der Waals surface area (Å²) in [7, 11) is 0. The first-order valence-corrected chi connectivity index (χ1v) is 12.2. The zero-order valence-corrected chi connectivity index (χ0v) is 20.4. The molecule has 0 unspecified atom stereocenters. The van der Waals surface area contributed by atoms with Crippen LogP contribution in [0.25, 0.3) is 10.9 Å². The fourth-order valence-corrected chi connectivity index (χ4v) is 4.91. The first-order valence-electron chi connectivity index (χ1n) is 12.2. The quantitative estimate of drug-likeness (QED) is 0.501. The van der Waals surface area contributed by atoms with E-state index < -0.39 is 31.0 Å². The van der Waals surface area contributed by atoms with Crippen molar-refractivity contribution in [3.63, 3.8) is 0 Å². The average Bonchev–Trinajstić information content (AvgIpc) is 2.88. The van der Waals surface area contributed by atoms with Crippen LogP contribution in [0.2, 0.25) is 0 Å². The molecule has 194 valence electrons. The van der Waals surface area contributed by atoms with E-state index in [1.165, 1.54) is 11.8 Å². The summed E-state index contributed by atoms with van der Waals surface area (Å²) in [6, 6.07) is 15.4. The molecule has 2 aromatic carbocycles. The van der Waals surface area contributed by atoms with Gasteiger partial charge in [0.2, 0.25) is 0 Å². The molecule has 0 radical (unpaired) electrons. The number of carbonyl (C=O) groups is 2. The van der Waals surface area contributed by atoms with Gasteiger partial charge in [-0.15, -0.1) is 0 Å². The predicted octanol–water partition coefficient (Wildman–Crippen LogP) is 3.76.